The summed E-state index contributed by atoms with van der Waals surface area (Å²) in [6, 6.07) is 27.2. The van der Waals surface area contributed by atoms with Crippen molar-refractivity contribution in [2.45, 2.75) is 106 Å². The van der Waals surface area contributed by atoms with Crippen molar-refractivity contribution in [3.63, 3.8) is 0 Å². The fourth-order valence-corrected chi connectivity index (χ4v) is 8.55. The molecule has 0 radical (unpaired) electrons. The Morgan fingerprint density at radius 1 is 0.566 bits per heavy atom. The first kappa shape index (κ1) is 36.2. The lowest BCUT2D eigenvalue weighted by Crippen LogP contribution is -2.16. The van der Waals surface area contributed by atoms with Crippen LogP contribution in [0, 0.1) is 6.92 Å². The Balaban J connectivity index is 1.31. The lowest BCUT2D eigenvalue weighted by molar-refractivity contribution is 0.483. The SMILES string of the molecule is Cc1ccnc(-n2c3ccccc3c3ccc(Oc4cccc(-n5cc(-c6c(C(C)C)c(C(C)C)c(C(C)C)c(C(C)C)c6C(C)C)cn5)c4)cc32)c1. The van der Waals surface area contributed by atoms with Crippen LogP contribution in [0.1, 0.15) is 132 Å². The fraction of sp³-hybridized carbons (Fsp3) is 0.333. The first-order valence-corrected chi connectivity index (χ1v) is 19.4. The number of para-hydroxylation sites is 1. The van der Waals surface area contributed by atoms with E-state index in [2.05, 4.69) is 154 Å². The molecule has 0 spiro atoms. The van der Waals surface area contributed by atoms with Gasteiger partial charge in [-0.1, -0.05) is 93.5 Å². The van der Waals surface area contributed by atoms with E-state index in [0.29, 0.717) is 29.6 Å². The number of nitrogens with zero attached hydrogens (tertiary/aromatic N) is 4. The van der Waals surface area contributed by atoms with Gasteiger partial charge >= 0.3 is 0 Å². The number of hydrogen-bond donors (Lipinski definition) is 0. The molecular weight excluding hydrogens is 649 g/mol. The molecule has 0 amide bonds. The molecule has 3 heterocycles. The van der Waals surface area contributed by atoms with Crippen LogP contribution in [0.4, 0.5) is 0 Å². The van der Waals surface area contributed by atoms with Gasteiger partial charge in [-0.25, -0.2) is 9.67 Å². The largest absolute Gasteiger partial charge is 0.457 e. The molecule has 0 bridgehead atoms. The Labute approximate surface area is 315 Å². The van der Waals surface area contributed by atoms with Gasteiger partial charge in [-0.15, -0.1) is 0 Å². The molecule has 53 heavy (non-hydrogen) atoms. The van der Waals surface area contributed by atoms with Crippen molar-refractivity contribution in [3.8, 4) is 34.1 Å². The van der Waals surface area contributed by atoms with Crippen molar-refractivity contribution in [3.05, 3.63) is 131 Å². The highest BCUT2D eigenvalue weighted by atomic mass is 16.5. The maximum atomic E-state index is 6.60. The van der Waals surface area contributed by atoms with Crippen LogP contribution in [-0.4, -0.2) is 19.3 Å². The second kappa shape index (κ2) is 14.3. The van der Waals surface area contributed by atoms with Crippen LogP contribution in [0.15, 0.2) is 97.5 Å². The molecule has 0 aliphatic heterocycles. The zero-order chi connectivity index (χ0) is 37.7. The first-order valence-electron chi connectivity index (χ1n) is 19.4. The number of ether oxygens (including phenoxy) is 1. The van der Waals surface area contributed by atoms with Gasteiger partial charge in [-0.05, 0) is 118 Å². The molecule has 0 atom stereocenters. The Hall–Kier alpha value is -5.16. The molecule has 0 N–H and O–H groups in total. The van der Waals surface area contributed by atoms with E-state index in [1.54, 1.807) is 5.56 Å². The maximum absolute atomic E-state index is 6.60. The van der Waals surface area contributed by atoms with E-state index in [-0.39, 0.29) is 0 Å². The predicted molar refractivity (Wildman–Crippen MR) is 223 cm³/mol. The van der Waals surface area contributed by atoms with Crippen molar-refractivity contribution in [2.24, 2.45) is 0 Å². The zero-order valence-corrected chi connectivity index (χ0v) is 33.3. The van der Waals surface area contributed by atoms with Gasteiger partial charge in [0.1, 0.15) is 17.3 Å². The van der Waals surface area contributed by atoms with Gasteiger partial charge in [0.05, 0.1) is 22.9 Å². The molecule has 0 saturated heterocycles. The van der Waals surface area contributed by atoms with Crippen molar-refractivity contribution in [1.82, 2.24) is 19.3 Å². The monoisotopic (exact) mass is 702 g/mol. The van der Waals surface area contributed by atoms with E-state index < -0.39 is 0 Å². The van der Waals surface area contributed by atoms with E-state index in [4.69, 9.17) is 14.8 Å². The molecule has 0 aliphatic carbocycles. The third kappa shape index (κ3) is 6.56. The molecule has 0 saturated carbocycles. The van der Waals surface area contributed by atoms with Crippen LogP contribution in [0.3, 0.4) is 0 Å². The average molecular weight is 703 g/mol. The first-order chi connectivity index (χ1) is 25.3. The summed E-state index contributed by atoms with van der Waals surface area (Å²) in [6.45, 7) is 25.7. The highest BCUT2D eigenvalue weighted by Crippen LogP contribution is 2.49. The predicted octanol–water partition coefficient (Wildman–Crippen LogP) is 13.7. The normalized spacial score (nSPS) is 12.2. The fourth-order valence-electron chi connectivity index (χ4n) is 8.55. The molecule has 0 fully saturated rings. The van der Waals surface area contributed by atoms with Crippen molar-refractivity contribution in [2.75, 3.05) is 0 Å². The third-order valence-corrected chi connectivity index (χ3v) is 10.6. The van der Waals surface area contributed by atoms with Crippen LogP contribution < -0.4 is 4.74 Å². The van der Waals surface area contributed by atoms with Gasteiger partial charge in [0.2, 0.25) is 0 Å². The number of fused-ring (bicyclic) bond motifs is 3. The second-order valence-corrected chi connectivity index (χ2v) is 16.2. The van der Waals surface area contributed by atoms with Crippen LogP contribution in [0.25, 0.3) is 44.4 Å². The smallest absolute Gasteiger partial charge is 0.137 e. The summed E-state index contributed by atoms with van der Waals surface area (Å²) >= 11 is 0. The quantitative estimate of drug-likeness (QED) is 0.142. The zero-order valence-electron chi connectivity index (χ0n) is 33.3. The molecule has 0 aliphatic rings. The highest BCUT2D eigenvalue weighted by molar-refractivity contribution is 6.09. The third-order valence-electron chi connectivity index (χ3n) is 10.6. The van der Waals surface area contributed by atoms with E-state index in [1.165, 1.54) is 49.7 Å². The number of hydrogen-bond acceptors (Lipinski definition) is 3. The number of benzene rings is 4. The van der Waals surface area contributed by atoms with Crippen molar-refractivity contribution < 1.29 is 4.74 Å². The summed E-state index contributed by atoms with van der Waals surface area (Å²) in [7, 11) is 0. The molecule has 5 nitrogen and oxygen atoms in total. The molecule has 4 aromatic carbocycles. The summed E-state index contributed by atoms with van der Waals surface area (Å²) < 4.78 is 10.8. The Morgan fingerprint density at radius 3 is 1.81 bits per heavy atom. The highest BCUT2D eigenvalue weighted by Gasteiger charge is 2.31. The topological polar surface area (TPSA) is 44.9 Å². The standard InChI is InChI=1S/C48H54N4O/c1-28(2)43-44(29(3)4)46(31(7)8)48(47(32(9)10)45(43)30(5)6)34-26-50-51(27-34)35-15-14-16-36(24-35)53-37-19-20-39-38-17-12-13-18-40(38)52(41(39)25-37)42-23-33(11)21-22-49-42/h12-32H,1-11H3. The van der Waals surface area contributed by atoms with Crippen molar-refractivity contribution in [1.29, 1.82) is 0 Å². The van der Waals surface area contributed by atoms with Crippen LogP contribution >= 0.6 is 0 Å². The minimum Gasteiger partial charge on any atom is -0.457 e. The lowest BCUT2D eigenvalue weighted by atomic mass is 9.70. The molecule has 3 aromatic heterocycles. The van der Waals surface area contributed by atoms with Crippen LogP contribution in [-0.2, 0) is 0 Å². The number of aromatic nitrogens is 4. The summed E-state index contributed by atoms with van der Waals surface area (Å²) in [4.78, 5) is 4.75. The molecule has 0 unspecified atom stereocenters. The average Bonchev–Trinajstić information content (AvgIpc) is 3.73. The Morgan fingerprint density at radius 2 is 1.17 bits per heavy atom. The molecule has 272 valence electrons. The second-order valence-electron chi connectivity index (χ2n) is 16.2. The van der Waals surface area contributed by atoms with Gasteiger partial charge in [-0.3, -0.25) is 4.57 Å². The minimum absolute atomic E-state index is 0.372. The van der Waals surface area contributed by atoms with E-state index in [1.807, 2.05) is 29.1 Å². The number of aryl methyl sites for hydroxylation is 1. The molecule has 7 rings (SSSR count). The number of pyridine rings is 1. The van der Waals surface area contributed by atoms with Gasteiger partial charge in [0, 0.05) is 40.9 Å². The molecular formula is C48H54N4O. The Bertz CT molecular complexity index is 2400. The summed E-state index contributed by atoms with van der Waals surface area (Å²) in [5, 5.41) is 7.34. The Kier molecular flexibility index (Phi) is 9.80. The summed E-state index contributed by atoms with van der Waals surface area (Å²) in [5.41, 5.74) is 14.4. The molecule has 5 heteroatoms. The molecule has 7 aromatic rings. The lowest BCUT2D eigenvalue weighted by Gasteiger charge is -2.34. The van der Waals surface area contributed by atoms with E-state index in [0.717, 1.165) is 34.0 Å². The van der Waals surface area contributed by atoms with Gasteiger partial charge in [0.15, 0.2) is 0 Å². The van der Waals surface area contributed by atoms with E-state index >= 15 is 0 Å². The van der Waals surface area contributed by atoms with Crippen LogP contribution in [0.2, 0.25) is 0 Å². The maximum Gasteiger partial charge on any atom is 0.137 e. The van der Waals surface area contributed by atoms with Gasteiger partial charge < -0.3 is 4.74 Å². The number of rotatable bonds is 10. The van der Waals surface area contributed by atoms with Crippen molar-refractivity contribution >= 4 is 21.8 Å². The minimum atomic E-state index is 0.372. The summed E-state index contributed by atoms with van der Waals surface area (Å²) in [5.74, 6) is 4.44. The summed E-state index contributed by atoms with van der Waals surface area (Å²) in [6.07, 6.45) is 6.16. The van der Waals surface area contributed by atoms with Gasteiger partial charge in [0.25, 0.3) is 0 Å². The van der Waals surface area contributed by atoms with Crippen LogP contribution in [0.5, 0.6) is 11.5 Å². The van der Waals surface area contributed by atoms with Gasteiger partial charge in [-0.2, -0.15) is 5.10 Å². The van der Waals surface area contributed by atoms with E-state index in [9.17, 15) is 0 Å².